The van der Waals surface area contributed by atoms with Gasteiger partial charge in [-0.05, 0) is 56.4 Å². The van der Waals surface area contributed by atoms with Crippen LogP contribution in [0.5, 0.6) is 5.75 Å². The number of benzene rings is 2. The van der Waals surface area contributed by atoms with Gasteiger partial charge in [-0.25, -0.2) is 0 Å². The molecule has 33 heavy (non-hydrogen) atoms. The Hall–Kier alpha value is -3.64. The summed E-state index contributed by atoms with van der Waals surface area (Å²) in [7, 11) is 3.92. The number of carbonyl (C=O) groups excluding carboxylic acids is 2. The number of hydrogen-bond donors (Lipinski definition) is 1. The maximum absolute atomic E-state index is 13.2. The highest BCUT2D eigenvalue weighted by Gasteiger charge is 2.42. The number of nitrogens with zero attached hydrogens (tertiary/aromatic N) is 2. The first-order valence-electron chi connectivity index (χ1n) is 10.9. The van der Waals surface area contributed by atoms with Crippen molar-refractivity contribution in [2.45, 2.75) is 12.5 Å². The Bertz CT molecular complexity index is 1060. The zero-order valence-corrected chi connectivity index (χ0v) is 19.1. The molecular weight excluding hydrogens is 416 g/mol. The van der Waals surface area contributed by atoms with Gasteiger partial charge in [0.25, 0.3) is 5.91 Å². The molecule has 1 heterocycles. The van der Waals surface area contributed by atoms with E-state index in [4.69, 9.17) is 4.74 Å². The maximum Gasteiger partial charge on any atom is 0.290 e. The van der Waals surface area contributed by atoms with Gasteiger partial charge in [0.1, 0.15) is 12.4 Å². The number of carbonyl (C=O) groups is 2. The molecule has 1 unspecified atom stereocenters. The Morgan fingerprint density at radius 1 is 1.18 bits per heavy atom. The fourth-order valence-electron chi connectivity index (χ4n) is 3.80. The second-order valence-corrected chi connectivity index (χ2v) is 8.10. The van der Waals surface area contributed by atoms with Crippen LogP contribution in [0.1, 0.15) is 23.6 Å². The first kappa shape index (κ1) is 24.0. The van der Waals surface area contributed by atoms with Crippen LogP contribution in [0.2, 0.25) is 0 Å². The van der Waals surface area contributed by atoms with E-state index in [0.29, 0.717) is 30.9 Å². The van der Waals surface area contributed by atoms with Crippen LogP contribution in [0, 0.1) is 0 Å². The Morgan fingerprint density at radius 3 is 2.64 bits per heavy atom. The Morgan fingerprint density at radius 2 is 1.94 bits per heavy atom. The van der Waals surface area contributed by atoms with Gasteiger partial charge in [0, 0.05) is 6.54 Å². The summed E-state index contributed by atoms with van der Waals surface area (Å²) >= 11 is 0. The molecule has 6 heteroatoms. The molecule has 6 nitrogen and oxygen atoms in total. The minimum atomic E-state index is -0.695. The highest BCUT2D eigenvalue weighted by Crippen LogP contribution is 2.39. The third kappa shape index (κ3) is 5.99. The lowest BCUT2D eigenvalue weighted by Gasteiger charge is -2.27. The van der Waals surface area contributed by atoms with Gasteiger partial charge in [0.05, 0.1) is 11.6 Å². The van der Waals surface area contributed by atoms with Crippen molar-refractivity contribution in [1.29, 1.82) is 0 Å². The second-order valence-electron chi connectivity index (χ2n) is 8.10. The molecule has 0 bridgehead atoms. The molecule has 1 N–H and O–H groups in total. The van der Waals surface area contributed by atoms with Crippen molar-refractivity contribution < 1.29 is 19.4 Å². The number of rotatable bonds is 11. The van der Waals surface area contributed by atoms with Crippen molar-refractivity contribution >= 4 is 17.8 Å². The number of amides is 1. The third-order valence-electron chi connectivity index (χ3n) is 5.34. The summed E-state index contributed by atoms with van der Waals surface area (Å²) < 4.78 is 5.65. The molecule has 3 rings (SSSR count). The first-order valence-corrected chi connectivity index (χ1v) is 10.9. The summed E-state index contributed by atoms with van der Waals surface area (Å²) in [5, 5.41) is 10.7. The molecule has 0 aromatic heterocycles. The van der Waals surface area contributed by atoms with Crippen LogP contribution in [0.4, 0.5) is 0 Å². The van der Waals surface area contributed by atoms with E-state index < -0.39 is 23.5 Å². The van der Waals surface area contributed by atoms with E-state index >= 15 is 0 Å². The van der Waals surface area contributed by atoms with Crippen LogP contribution in [0.3, 0.4) is 0 Å². The molecule has 1 amide bonds. The van der Waals surface area contributed by atoms with Crippen molar-refractivity contribution in [3.8, 4) is 5.75 Å². The number of hydrogen-bond acceptors (Lipinski definition) is 5. The molecule has 0 aliphatic carbocycles. The summed E-state index contributed by atoms with van der Waals surface area (Å²) in [4.78, 5) is 29.8. The zero-order valence-electron chi connectivity index (χ0n) is 19.1. The number of ketones is 1. The Balaban J connectivity index is 1.96. The molecule has 1 aliphatic heterocycles. The number of aliphatic hydroxyl groups excluding tert-OH is 1. The quantitative estimate of drug-likeness (QED) is 0.414. The maximum atomic E-state index is 13.2. The summed E-state index contributed by atoms with van der Waals surface area (Å²) in [6.07, 6.45) is 5.44. The highest BCUT2D eigenvalue weighted by molar-refractivity contribution is 6.14. The predicted molar refractivity (Wildman–Crippen MR) is 130 cm³/mol. The number of aliphatic hydroxyl groups is 1. The van der Waals surface area contributed by atoms with Crippen molar-refractivity contribution in [3.05, 3.63) is 95.8 Å². The summed E-state index contributed by atoms with van der Waals surface area (Å²) in [6.45, 7) is 5.18. The lowest BCUT2D eigenvalue weighted by atomic mass is 9.95. The average molecular weight is 447 g/mol. The van der Waals surface area contributed by atoms with Crippen LogP contribution >= 0.6 is 0 Å². The van der Waals surface area contributed by atoms with Crippen molar-refractivity contribution in [2.24, 2.45) is 0 Å². The van der Waals surface area contributed by atoms with E-state index in [1.54, 1.807) is 29.2 Å². The second kappa shape index (κ2) is 11.3. The van der Waals surface area contributed by atoms with E-state index in [2.05, 4.69) is 6.58 Å². The van der Waals surface area contributed by atoms with E-state index in [0.717, 1.165) is 12.1 Å². The topological polar surface area (TPSA) is 70.1 Å². The summed E-state index contributed by atoms with van der Waals surface area (Å²) in [5.74, 6) is -0.828. The lowest BCUT2D eigenvalue weighted by molar-refractivity contribution is -0.129. The van der Waals surface area contributed by atoms with E-state index in [1.165, 1.54) is 6.08 Å². The normalized spacial score (nSPS) is 16.2. The smallest absolute Gasteiger partial charge is 0.290 e. The zero-order chi connectivity index (χ0) is 23.8. The van der Waals surface area contributed by atoms with Crippen LogP contribution in [0.25, 0.3) is 6.08 Å². The van der Waals surface area contributed by atoms with Gasteiger partial charge in [-0.15, -0.1) is 0 Å². The molecule has 0 saturated carbocycles. The van der Waals surface area contributed by atoms with E-state index in [9.17, 15) is 14.7 Å². The first-order chi connectivity index (χ1) is 15.9. The van der Waals surface area contributed by atoms with Crippen molar-refractivity contribution in [3.63, 3.8) is 0 Å². The number of ether oxygens (including phenoxy) is 1. The van der Waals surface area contributed by atoms with Crippen LogP contribution < -0.4 is 4.74 Å². The SMILES string of the molecule is C=CCOc1cccc(C2C(C(=O)/C=C/c3ccccc3)=C(O)C(=O)N2CCCN(C)C)c1. The lowest BCUT2D eigenvalue weighted by Crippen LogP contribution is -2.33. The third-order valence-corrected chi connectivity index (χ3v) is 5.34. The molecule has 0 fully saturated rings. The van der Waals surface area contributed by atoms with Crippen LogP contribution in [-0.2, 0) is 9.59 Å². The summed E-state index contributed by atoms with van der Waals surface area (Å²) in [6, 6.07) is 16.0. The van der Waals surface area contributed by atoms with Crippen LogP contribution in [-0.4, -0.2) is 60.4 Å². The van der Waals surface area contributed by atoms with E-state index in [-0.39, 0.29) is 5.57 Å². The fraction of sp³-hybridized carbons (Fsp3) is 0.259. The highest BCUT2D eigenvalue weighted by atomic mass is 16.5. The van der Waals surface area contributed by atoms with Gasteiger partial charge in [0.2, 0.25) is 0 Å². The molecule has 2 aromatic carbocycles. The largest absolute Gasteiger partial charge is 0.503 e. The van der Waals surface area contributed by atoms with Gasteiger partial charge >= 0.3 is 0 Å². The molecule has 172 valence electrons. The van der Waals surface area contributed by atoms with Gasteiger partial charge in [-0.3, -0.25) is 9.59 Å². The number of allylic oxidation sites excluding steroid dienone is 1. The van der Waals surface area contributed by atoms with Gasteiger partial charge in [0.15, 0.2) is 11.5 Å². The standard InChI is InChI=1S/C27H30N2O4/c1-4-18-33-22-13-8-12-21(19-22)25-24(23(30)15-14-20-10-6-5-7-11-20)26(31)27(32)29(25)17-9-16-28(2)3/h4-8,10-15,19,25,31H,1,9,16-18H2,2-3H3/b15-14+. The fourth-order valence-corrected chi connectivity index (χ4v) is 3.80. The Labute approximate surface area is 195 Å². The minimum absolute atomic E-state index is 0.0814. The molecule has 0 spiro atoms. The van der Waals surface area contributed by atoms with E-state index in [1.807, 2.05) is 61.5 Å². The summed E-state index contributed by atoms with van der Waals surface area (Å²) in [5.41, 5.74) is 1.64. The molecule has 2 aromatic rings. The van der Waals surface area contributed by atoms with Gasteiger partial charge in [-0.2, -0.15) is 0 Å². The predicted octanol–water partition coefficient (Wildman–Crippen LogP) is 4.18. The molecular formula is C27H30N2O4. The van der Waals surface area contributed by atoms with Crippen LogP contribution in [0.15, 0.2) is 84.7 Å². The monoisotopic (exact) mass is 446 g/mol. The van der Waals surface area contributed by atoms with Crippen molar-refractivity contribution in [1.82, 2.24) is 9.80 Å². The van der Waals surface area contributed by atoms with Gasteiger partial charge < -0.3 is 19.6 Å². The Kier molecular flexibility index (Phi) is 8.22. The molecule has 1 atom stereocenters. The molecule has 1 aliphatic rings. The molecule has 0 radical (unpaired) electrons. The average Bonchev–Trinajstić information content (AvgIpc) is 3.07. The molecule has 0 saturated heterocycles. The van der Waals surface area contributed by atoms with Gasteiger partial charge in [-0.1, -0.05) is 61.2 Å². The minimum Gasteiger partial charge on any atom is -0.503 e. The van der Waals surface area contributed by atoms with Crippen molar-refractivity contribution in [2.75, 3.05) is 33.8 Å².